The van der Waals surface area contributed by atoms with Crippen molar-refractivity contribution >= 4 is 11.6 Å². The third-order valence-electron chi connectivity index (χ3n) is 4.23. The molecule has 8 heteroatoms. The van der Waals surface area contributed by atoms with Crippen molar-refractivity contribution in [3.63, 3.8) is 0 Å². The number of nitrogens with one attached hydrogen (secondary N) is 1. The normalized spacial score (nSPS) is 10.7. The van der Waals surface area contributed by atoms with Crippen LogP contribution in [0.15, 0.2) is 69.8 Å². The van der Waals surface area contributed by atoms with Crippen LogP contribution >= 0.6 is 0 Å². The molecule has 0 saturated heterocycles. The third-order valence-corrected chi connectivity index (χ3v) is 4.23. The number of benzene rings is 2. The minimum atomic E-state index is -0.607. The van der Waals surface area contributed by atoms with Gasteiger partial charge in [0.05, 0.1) is 19.8 Å². The molecule has 0 radical (unpaired) electrons. The molecule has 4 rings (SSSR count). The number of carbonyl (C=O) groups excluding carboxylic acids is 1. The van der Waals surface area contributed by atoms with Gasteiger partial charge in [-0.05, 0) is 42.0 Å². The molecule has 0 aliphatic heterocycles. The molecule has 0 aliphatic carbocycles. The quantitative estimate of drug-likeness (QED) is 0.525. The highest BCUT2D eigenvalue weighted by molar-refractivity contribution is 6.04. The van der Waals surface area contributed by atoms with Crippen LogP contribution in [0.4, 0.5) is 10.1 Å². The van der Waals surface area contributed by atoms with E-state index in [0.29, 0.717) is 29.6 Å². The van der Waals surface area contributed by atoms with E-state index >= 15 is 0 Å². The summed E-state index contributed by atoms with van der Waals surface area (Å²) >= 11 is 0. The zero-order valence-electron chi connectivity index (χ0n) is 15.4. The van der Waals surface area contributed by atoms with Gasteiger partial charge in [-0.15, -0.1) is 0 Å². The highest BCUT2D eigenvalue weighted by Crippen LogP contribution is 2.23. The molecule has 2 aromatic carbocycles. The molecule has 1 amide bonds. The molecule has 0 unspecified atom stereocenters. The Hall–Kier alpha value is -3.94. The number of amides is 1. The summed E-state index contributed by atoms with van der Waals surface area (Å²) in [5.41, 5.74) is 1.51. The summed E-state index contributed by atoms with van der Waals surface area (Å²) in [7, 11) is 1.36. The zero-order chi connectivity index (χ0) is 20.2. The van der Waals surface area contributed by atoms with Crippen molar-refractivity contribution in [2.45, 2.75) is 6.42 Å². The average Bonchev–Trinajstić information content (AvgIpc) is 3.41. The number of rotatable bonds is 6. The fourth-order valence-electron chi connectivity index (χ4n) is 2.79. The first-order valence-electron chi connectivity index (χ1n) is 8.73. The van der Waals surface area contributed by atoms with Crippen LogP contribution in [-0.2, 0) is 6.42 Å². The molecule has 1 N–H and O–H groups in total. The first-order valence-corrected chi connectivity index (χ1v) is 8.73. The number of anilines is 1. The Bertz CT molecular complexity index is 1140. The van der Waals surface area contributed by atoms with Gasteiger partial charge in [0.1, 0.15) is 0 Å². The van der Waals surface area contributed by atoms with E-state index in [1.54, 1.807) is 24.3 Å². The number of hydrogen-bond acceptors (Lipinski definition) is 6. The number of hydrogen-bond donors (Lipinski definition) is 1. The number of para-hydroxylation sites is 1. The van der Waals surface area contributed by atoms with Crippen molar-refractivity contribution in [1.29, 1.82) is 0 Å². The van der Waals surface area contributed by atoms with Gasteiger partial charge in [-0.25, -0.2) is 4.39 Å². The molecular weight excluding hydrogens is 377 g/mol. The number of furan rings is 1. The van der Waals surface area contributed by atoms with E-state index in [9.17, 15) is 9.18 Å². The maximum atomic E-state index is 13.9. The third kappa shape index (κ3) is 4.01. The number of ether oxygens (including phenoxy) is 1. The zero-order valence-corrected chi connectivity index (χ0v) is 15.4. The van der Waals surface area contributed by atoms with E-state index < -0.39 is 11.7 Å². The van der Waals surface area contributed by atoms with Crippen molar-refractivity contribution in [2.75, 3.05) is 12.4 Å². The molecule has 0 atom stereocenters. The average molecular weight is 393 g/mol. The summed E-state index contributed by atoms with van der Waals surface area (Å²) in [4.78, 5) is 16.9. The minimum Gasteiger partial charge on any atom is -0.494 e. The second kappa shape index (κ2) is 7.97. The maximum Gasteiger partial charge on any atom is 0.255 e. The van der Waals surface area contributed by atoms with Gasteiger partial charge in [-0.1, -0.05) is 23.4 Å². The van der Waals surface area contributed by atoms with E-state index in [4.69, 9.17) is 13.7 Å². The van der Waals surface area contributed by atoms with Crippen molar-refractivity contribution in [1.82, 2.24) is 10.1 Å². The summed E-state index contributed by atoms with van der Waals surface area (Å²) < 4.78 is 29.3. The Labute approximate surface area is 165 Å². The molecule has 2 aromatic heterocycles. The van der Waals surface area contributed by atoms with Gasteiger partial charge in [0.25, 0.3) is 5.91 Å². The first-order chi connectivity index (χ1) is 14.1. The first kappa shape index (κ1) is 18.4. The Morgan fingerprint density at radius 2 is 2.03 bits per heavy atom. The van der Waals surface area contributed by atoms with Crippen LogP contribution in [0.25, 0.3) is 11.6 Å². The smallest absolute Gasteiger partial charge is 0.255 e. The molecular formula is C21H16FN3O4. The molecule has 0 spiro atoms. The van der Waals surface area contributed by atoms with Crippen LogP contribution < -0.4 is 10.1 Å². The number of halogens is 1. The lowest BCUT2D eigenvalue weighted by Crippen LogP contribution is -2.14. The highest BCUT2D eigenvalue weighted by Gasteiger charge is 2.15. The Kier molecular flexibility index (Phi) is 5.07. The fraction of sp³-hybridized carbons (Fsp3) is 0.0952. The lowest BCUT2D eigenvalue weighted by molar-refractivity contribution is 0.102. The lowest BCUT2D eigenvalue weighted by atomic mass is 10.1. The molecule has 0 bridgehead atoms. The summed E-state index contributed by atoms with van der Waals surface area (Å²) in [5, 5.41) is 6.69. The highest BCUT2D eigenvalue weighted by atomic mass is 19.1. The van der Waals surface area contributed by atoms with Gasteiger partial charge in [-0.2, -0.15) is 4.98 Å². The molecule has 146 valence electrons. The maximum absolute atomic E-state index is 13.9. The standard InChI is InChI=1S/C21H16FN3O4/c1-27-17-9-8-14(11-15(17)22)21(26)23-16-6-3-2-5-13(16)12-19-24-20(25-29-19)18-7-4-10-28-18/h2-11H,12H2,1H3,(H,23,26). The predicted molar refractivity (Wildman–Crippen MR) is 102 cm³/mol. The van der Waals surface area contributed by atoms with Gasteiger partial charge in [0, 0.05) is 11.3 Å². The Balaban J connectivity index is 1.53. The Morgan fingerprint density at radius 1 is 1.17 bits per heavy atom. The monoisotopic (exact) mass is 393 g/mol. The number of methoxy groups -OCH3 is 1. The molecule has 7 nitrogen and oxygen atoms in total. The van der Waals surface area contributed by atoms with Crippen LogP contribution in [0.3, 0.4) is 0 Å². The van der Waals surface area contributed by atoms with Crippen LogP contribution in [0.5, 0.6) is 5.75 Å². The van der Waals surface area contributed by atoms with Crippen molar-refractivity contribution in [2.24, 2.45) is 0 Å². The number of carbonyl (C=O) groups is 1. The summed E-state index contributed by atoms with van der Waals surface area (Å²) in [5.74, 6) is 0.244. The van der Waals surface area contributed by atoms with Gasteiger partial charge in [0.2, 0.25) is 11.7 Å². The molecule has 0 saturated carbocycles. The molecule has 0 aliphatic rings. The summed E-state index contributed by atoms with van der Waals surface area (Å²) in [6.07, 6.45) is 1.83. The van der Waals surface area contributed by atoms with Crippen LogP contribution in [0.1, 0.15) is 21.8 Å². The van der Waals surface area contributed by atoms with Gasteiger partial charge < -0.3 is 19.0 Å². The van der Waals surface area contributed by atoms with E-state index in [-0.39, 0.29) is 11.3 Å². The van der Waals surface area contributed by atoms with Gasteiger partial charge in [-0.3, -0.25) is 4.79 Å². The van der Waals surface area contributed by atoms with E-state index in [1.165, 1.54) is 25.5 Å². The van der Waals surface area contributed by atoms with Crippen LogP contribution in [0.2, 0.25) is 0 Å². The predicted octanol–water partition coefficient (Wildman–Crippen LogP) is 4.32. The van der Waals surface area contributed by atoms with E-state index in [2.05, 4.69) is 15.5 Å². The van der Waals surface area contributed by atoms with Crippen LogP contribution in [-0.4, -0.2) is 23.2 Å². The summed E-state index contributed by atoms with van der Waals surface area (Å²) in [6.45, 7) is 0. The second-order valence-electron chi connectivity index (χ2n) is 6.13. The molecule has 4 aromatic rings. The van der Waals surface area contributed by atoms with Crippen molar-refractivity contribution < 1.29 is 22.9 Å². The van der Waals surface area contributed by atoms with Gasteiger partial charge >= 0.3 is 0 Å². The molecule has 29 heavy (non-hydrogen) atoms. The molecule has 0 fully saturated rings. The second-order valence-corrected chi connectivity index (χ2v) is 6.13. The number of nitrogens with zero attached hydrogens (tertiary/aromatic N) is 2. The van der Waals surface area contributed by atoms with Crippen molar-refractivity contribution in [3.05, 3.63) is 83.7 Å². The van der Waals surface area contributed by atoms with E-state index in [0.717, 1.165) is 11.6 Å². The van der Waals surface area contributed by atoms with Crippen molar-refractivity contribution in [3.8, 4) is 17.3 Å². The topological polar surface area (TPSA) is 90.4 Å². The van der Waals surface area contributed by atoms with E-state index in [1.807, 2.05) is 12.1 Å². The lowest BCUT2D eigenvalue weighted by Gasteiger charge is -2.10. The largest absolute Gasteiger partial charge is 0.494 e. The Morgan fingerprint density at radius 3 is 2.79 bits per heavy atom. The van der Waals surface area contributed by atoms with Gasteiger partial charge in [0.15, 0.2) is 17.3 Å². The number of aromatic nitrogens is 2. The molecule has 2 heterocycles. The minimum absolute atomic E-state index is 0.0747. The summed E-state index contributed by atoms with van der Waals surface area (Å²) in [6, 6.07) is 14.7. The van der Waals surface area contributed by atoms with Crippen LogP contribution in [0, 0.1) is 5.82 Å². The SMILES string of the molecule is COc1ccc(C(=O)Nc2ccccc2Cc2nc(-c3ccco3)no2)cc1F. The fourth-order valence-corrected chi connectivity index (χ4v) is 2.79.